The van der Waals surface area contributed by atoms with Gasteiger partial charge in [0.25, 0.3) is 0 Å². The van der Waals surface area contributed by atoms with Gasteiger partial charge in [0.05, 0.1) is 0 Å². The van der Waals surface area contributed by atoms with Crippen LogP contribution in [0.2, 0.25) is 0 Å². The summed E-state index contributed by atoms with van der Waals surface area (Å²) in [5, 5.41) is 0. The second-order valence-corrected chi connectivity index (χ2v) is 5.66. The number of rotatable bonds is 10. The van der Waals surface area contributed by atoms with Crippen LogP contribution in [0.1, 0.15) is 90.9 Å². The van der Waals surface area contributed by atoms with Crippen LogP contribution in [0, 0.1) is 0 Å². The lowest BCUT2D eigenvalue weighted by Crippen LogP contribution is -1.92. The smallest absolute Gasteiger partial charge is 0.0474 e. The molecule has 1 heterocycles. The second kappa shape index (κ2) is 9.67. The zero-order chi connectivity index (χ0) is 12.3. The summed E-state index contributed by atoms with van der Waals surface area (Å²) in [5.74, 6) is 0. The highest BCUT2D eigenvalue weighted by atomic mass is 14.8. The highest BCUT2D eigenvalue weighted by Crippen LogP contribution is 2.17. The van der Waals surface area contributed by atoms with Crippen molar-refractivity contribution < 1.29 is 0 Å². The Morgan fingerprint density at radius 1 is 0.941 bits per heavy atom. The van der Waals surface area contributed by atoms with Crippen LogP contribution >= 0.6 is 0 Å². The van der Waals surface area contributed by atoms with Crippen molar-refractivity contribution in [1.29, 1.82) is 0 Å². The summed E-state index contributed by atoms with van der Waals surface area (Å²) in [4.78, 5) is 4.67. The molecule has 17 heavy (non-hydrogen) atoms. The molecular formula is C16H31N. The van der Waals surface area contributed by atoms with Crippen LogP contribution in [0.15, 0.2) is 4.99 Å². The highest BCUT2D eigenvalue weighted by Gasteiger charge is 2.11. The van der Waals surface area contributed by atoms with Gasteiger partial charge in [-0.05, 0) is 32.6 Å². The first-order valence-corrected chi connectivity index (χ1v) is 7.88. The van der Waals surface area contributed by atoms with Crippen LogP contribution in [0.3, 0.4) is 0 Å². The van der Waals surface area contributed by atoms with E-state index in [1.165, 1.54) is 82.8 Å². The minimum atomic E-state index is 0.614. The standard InChI is InChI=1S/C16H31N/c1-3-4-5-6-7-8-9-10-11-12-16-14-13-15(2)17-16/h15H,3-14H2,1-2H3/t15-/m1/s1. The van der Waals surface area contributed by atoms with Crippen LogP contribution in [0.4, 0.5) is 0 Å². The van der Waals surface area contributed by atoms with Crippen molar-refractivity contribution in [2.24, 2.45) is 4.99 Å². The van der Waals surface area contributed by atoms with Crippen molar-refractivity contribution in [3.05, 3.63) is 0 Å². The van der Waals surface area contributed by atoms with Gasteiger partial charge in [-0.2, -0.15) is 0 Å². The molecule has 0 N–H and O–H groups in total. The van der Waals surface area contributed by atoms with E-state index in [0.29, 0.717) is 6.04 Å². The summed E-state index contributed by atoms with van der Waals surface area (Å²) in [5.41, 5.74) is 1.50. The molecule has 1 nitrogen and oxygen atoms in total. The van der Waals surface area contributed by atoms with E-state index in [0.717, 1.165) is 0 Å². The van der Waals surface area contributed by atoms with Crippen LogP contribution in [0.5, 0.6) is 0 Å². The van der Waals surface area contributed by atoms with E-state index in [4.69, 9.17) is 0 Å². The lowest BCUT2D eigenvalue weighted by molar-refractivity contribution is 0.568. The molecule has 0 aromatic heterocycles. The molecule has 0 fully saturated rings. The molecule has 1 aliphatic rings. The van der Waals surface area contributed by atoms with E-state index >= 15 is 0 Å². The van der Waals surface area contributed by atoms with Crippen molar-refractivity contribution in [1.82, 2.24) is 0 Å². The third-order valence-electron chi connectivity index (χ3n) is 3.82. The Morgan fingerprint density at radius 2 is 1.53 bits per heavy atom. The molecule has 0 radical (unpaired) electrons. The molecule has 0 aliphatic carbocycles. The molecule has 0 saturated heterocycles. The Bertz CT molecular complexity index is 208. The first-order chi connectivity index (χ1) is 8.33. The van der Waals surface area contributed by atoms with Gasteiger partial charge < -0.3 is 0 Å². The minimum Gasteiger partial charge on any atom is -0.291 e. The van der Waals surface area contributed by atoms with Crippen LogP contribution in [0.25, 0.3) is 0 Å². The van der Waals surface area contributed by atoms with Crippen molar-refractivity contribution >= 4 is 5.71 Å². The van der Waals surface area contributed by atoms with E-state index in [-0.39, 0.29) is 0 Å². The first-order valence-electron chi connectivity index (χ1n) is 7.88. The fourth-order valence-electron chi connectivity index (χ4n) is 2.65. The SMILES string of the molecule is CCCCCCCCCCCC1=N[C@H](C)CC1. The van der Waals surface area contributed by atoms with Crippen molar-refractivity contribution in [3.8, 4) is 0 Å². The Balaban J connectivity index is 1.80. The number of hydrogen-bond acceptors (Lipinski definition) is 1. The largest absolute Gasteiger partial charge is 0.291 e. The molecular weight excluding hydrogens is 206 g/mol. The first kappa shape index (κ1) is 14.7. The third kappa shape index (κ3) is 7.57. The predicted octanol–water partition coefficient (Wildman–Crippen LogP) is 5.53. The number of hydrogen-bond donors (Lipinski definition) is 0. The highest BCUT2D eigenvalue weighted by molar-refractivity contribution is 5.86. The molecule has 0 spiro atoms. The zero-order valence-electron chi connectivity index (χ0n) is 12.0. The monoisotopic (exact) mass is 237 g/mol. The van der Waals surface area contributed by atoms with Crippen LogP contribution < -0.4 is 0 Å². The normalized spacial score (nSPS) is 19.6. The summed E-state index contributed by atoms with van der Waals surface area (Å²) in [6.07, 6.45) is 16.7. The van der Waals surface area contributed by atoms with E-state index in [9.17, 15) is 0 Å². The molecule has 100 valence electrons. The number of unbranched alkanes of at least 4 members (excludes halogenated alkanes) is 8. The summed E-state index contributed by atoms with van der Waals surface area (Å²) < 4.78 is 0. The van der Waals surface area contributed by atoms with E-state index in [1.54, 1.807) is 0 Å². The number of nitrogens with zero attached hydrogens (tertiary/aromatic N) is 1. The van der Waals surface area contributed by atoms with Crippen LogP contribution in [-0.4, -0.2) is 11.8 Å². The van der Waals surface area contributed by atoms with Gasteiger partial charge in [0, 0.05) is 11.8 Å². The molecule has 0 aromatic rings. The average Bonchev–Trinajstić information content (AvgIpc) is 2.73. The zero-order valence-corrected chi connectivity index (χ0v) is 12.0. The Morgan fingerprint density at radius 3 is 2.06 bits per heavy atom. The fraction of sp³-hybridized carbons (Fsp3) is 0.938. The Hall–Kier alpha value is -0.330. The molecule has 0 bridgehead atoms. The van der Waals surface area contributed by atoms with E-state index in [1.807, 2.05) is 0 Å². The molecule has 0 aromatic carbocycles. The fourth-order valence-corrected chi connectivity index (χ4v) is 2.65. The van der Waals surface area contributed by atoms with Gasteiger partial charge in [0.2, 0.25) is 0 Å². The molecule has 0 amide bonds. The summed E-state index contributed by atoms with van der Waals surface area (Å²) >= 11 is 0. The second-order valence-electron chi connectivity index (χ2n) is 5.66. The van der Waals surface area contributed by atoms with Gasteiger partial charge in [0.15, 0.2) is 0 Å². The molecule has 1 atom stereocenters. The van der Waals surface area contributed by atoms with Crippen molar-refractivity contribution in [2.45, 2.75) is 96.9 Å². The van der Waals surface area contributed by atoms with Gasteiger partial charge in [0.1, 0.15) is 0 Å². The van der Waals surface area contributed by atoms with Gasteiger partial charge in [-0.1, -0.05) is 58.3 Å². The Kier molecular flexibility index (Phi) is 8.38. The van der Waals surface area contributed by atoms with Gasteiger partial charge in [-0.15, -0.1) is 0 Å². The van der Waals surface area contributed by atoms with E-state index < -0.39 is 0 Å². The average molecular weight is 237 g/mol. The molecule has 1 aliphatic heterocycles. The Labute approximate surface area is 108 Å². The summed E-state index contributed by atoms with van der Waals surface area (Å²) in [6, 6.07) is 0.614. The molecule has 1 rings (SSSR count). The maximum absolute atomic E-state index is 4.67. The van der Waals surface area contributed by atoms with Gasteiger partial charge >= 0.3 is 0 Å². The van der Waals surface area contributed by atoms with Crippen LogP contribution in [-0.2, 0) is 0 Å². The maximum Gasteiger partial charge on any atom is 0.0474 e. The predicted molar refractivity (Wildman–Crippen MR) is 78.0 cm³/mol. The minimum absolute atomic E-state index is 0.614. The van der Waals surface area contributed by atoms with E-state index in [2.05, 4.69) is 18.8 Å². The molecule has 0 unspecified atom stereocenters. The lowest BCUT2D eigenvalue weighted by Gasteiger charge is -2.02. The third-order valence-corrected chi connectivity index (χ3v) is 3.82. The summed E-state index contributed by atoms with van der Waals surface area (Å²) in [6.45, 7) is 4.52. The number of aliphatic imine (C=N–C) groups is 1. The summed E-state index contributed by atoms with van der Waals surface area (Å²) in [7, 11) is 0. The molecule has 0 saturated carbocycles. The quantitative estimate of drug-likeness (QED) is 0.443. The van der Waals surface area contributed by atoms with Gasteiger partial charge in [-0.3, -0.25) is 4.99 Å². The molecule has 1 heteroatoms. The van der Waals surface area contributed by atoms with Crippen molar-refractivity contribution in [2.75, 3.05) is 0 Å². The van der Waals surface area contributed by atoms with Crippen molar-refractivity contribution in [3.63, 3.8) is 0 Å². The lowest BCUT2D eigenvalue weighted by atomic mass is 10.0. The maximum atomic E-state index is 4.67. The van der Waals surface area contributed by atoms with Gasteiger partial charge in [-0.25, -0.2) is 0 Å². The topological polar surface area (TPSA) is 12.4 Å².